The Labute approximate surface area is 186 Å². The lowest BCUT2D eigenvalue weighted by Gasteiger charge is -2.19. The van der Waals surface area contributed by atoms with Gasteiger partial charge in [-0.05, 0) is 45.1 Å². The van der Waals surface area contributed by atoms with E-state index in [0.29, 0.717) is 25.7 Å². The Kier molecular flexibility index (Phi) is 9.74. The molecular weight excluding hydrogens is 392 g/mol. The van der Waals surface area contributed by atoms with E-state index in [0.717, 1.165) is 31.2 Å². The van der Waals surface area contributed by atoms with Crippen LogP contribution in [0.4, 0.5) is 0 Å². The minimum atomic E-state index is -1.17. The number of benzene rings is 1. The van der Waals surface area contributed by atoms with Gasteiger partial charge in [-0.25, -0.2) is 0 Å². The zero-order valence-electron chi connectivity index (χ0n) is 19.0. The number of ether oxygens (including phenoxy) is 1. The van der Waals surface area contributed by atoms with Gasteiger partial charge in [0.05, 0.1) is 19.1 Å². The minimum Gasteiger partial charge on any atom is -0.469 e. The number of aryl methyl sites for hydroxylation is 2. The highest BCUT2D eigenvalue weighted by molar-refractivity contribution is 5.85. The highest BCUT2D eigenvalue weighted by Gasteiger charge is 2.40. The fraction of sp³-hybridized carbons (Fsp3) is 0.615. The van der Waals surface area contributed by atoms with Crippen LogP contribution in [0.2, 0.25) is 0 Å². The summed E-state index contributed by atoms with van der Waals surface area (Å²) in [5.41, 5.74) is 1.17. The lowest BCUT2D eigenvalue weighted by Crippen LogP contribution is -2.25. The first kappa shape index (κ1) is 25.1. The highest BCUT2D eigenvalue weighted by Crippen LogP contribution is 2.33. The van der Waals surface area contributed by atoms with Crippen LogP contribution in [0, 0.1) is 30.6 Å². The Bertz CT molecular complexity index is 784. The number of aliphatic hydroxyl groups excluding tert-OH is 1. The first-order valence-electron chi connectivity index (χ1n) is 11.3. The molecule has 2 rings (SSSR count). The van der Waals surface area contributed by atoms with Crippen molar-refractivity contribution in [1.82, 2.24) is 0 Å². The molecule has 0 unspecified atom stereocenters. The zero-order chi connectivity index (χ0) is 22.9. The van der Waals surface area contributed by atoms with Crippen LogP contribution in [0.3, 0.4) is 0 Å². The summed E-state index contributed by atoms with van der Waals surface area (Å²) in [5, 5.41) is 21.0. The van der Waals surface area contributed by atoms with Gasteiger partial charge in [0.1, 0.15) is 11.4 Å². The molecule has 0 bridgehead atoms. The summed E-state index contributed by atoms with van der Waals surface area (Å²) in [4.78, 5) is 23.5. The second-order valence-electron chi connectivity index (χ2n) is 8.93. The molecule has 2 N–H and O–H groups in total. The normalized spacial score (nSPS) is 22.5. The fourth-order valence-electron chi connectivity index (χ4n) is 4.02. The van der Waals surface area contributed by atoms with Crippen LogP contribution in [-0.2, 0) is 20.7 Å². The van der Waals surface area contributed by atoms with Gasteiger partial charge in [0.2, 0.25) is 0 Å². The summed E-state index contributed by atoms with van der Waals surface area (Å²) in [6.45, 7) is 3.73. The predicted octanol–water partition coefficient (Wildman–Crippen LogP) is 3.76. The van der Waals surface area contributed by atoms with Crippen molar-refractivity contribution in [2.75, 3.05) is 7.11 Å². The maximum atomic E-state index is 12.4. The van der Waals surface area contributed by atoms with E-state index in [1.165, 1.54) is 12.7 Å². The third kappa shape index (κ3) is 8.47. The lowest BCUT2D eigenvalue weighted by atomic mass is 9.88. The Hall–Kier alpha value is -2.16. The Morgan fingerprint density at radius 3 is 2.55 bits per heavy atom. The molecule has 1 saturated carbocycles. The number of methoxy groups -OCH3 is 1. The van der Waals surface area contributed by atoms with Crippen molar-refractivity contribution in [3.05, 3.63) is 35.4 Å². The Morgan fingerprint density at radius 2 is 1.87 bits per heavy atom. The molecule has 0 amide bonds. The molecule has 1 aliphatic carbocycles. The summed E-state index contributed by atoms with van der Waals surface area (Å²) >= 11 is 0. The van der Waals surface area contributed by atoms with E-state index in [9.17, 15) is 19.8 Å². The van der Waals surface area contributed by atoms with Gasteiger partial charge in [-0.2, -0.15) is 0 Å². The molecule has 5 heteroatoms. The molecule has 1 aromatic rings. The quantitative estimate of drug-likeness (QED) is 0.337. The predicted molar refractivity (Wildman–Crippen MR) is 120 cm³/mol. The van der Waals surface area contributed by atoms with Crippen LogP contribution in [0.15, 0.2) is 24.3 Å². The van der Waals surface area contributed by atoms with Crippen LogP contribution in [0.1, 0.15) is 69.4 Å². The molecular formula is C26H36O5. The third-order valence-electron chi connectivity index (χ3n) is 6.07. The topological polar surface area (TPSA) is 83.8 Å². The van der Waals surface area contributed by atoms with E-state index >= 15 is 0 Å². The van der Waals surface area contributed by atoms with E-state index in [-0.39, 0.29) is 24.1 Å². The number of esters is 1. The van der Waals surface area contributed by atoms with Crippen LogP contribution in [-0.4, -0.2) is 40.8 Å². The molecule has 0 heterocycles. The van der Waals surface area contributed by atoms with Crippen LogP contribution in [0.25, 0.3) is 0 Å². The second kappa shape index (κ2) is 12.0. The van der Waals surface area contributed by atoms with E-state index in [1.807, 2.05) is 6.92 Å². The zero-order valence-corrected chi connectivity index (χ0v) is 19.0. The monoisotopic (exact) mass is 428 g/mol. The molecule has 0 aromatic heterocycles. The summed E-state index contributed by atoms with van der Waals surface area (Å²) in [6.07, 6.45) is 5.13. The number of hydrogen-bond acceptors (Lipinski definition) is 5. The minimum absolute atomic E-state index is 0.0562. The van der Waals surface area contributed by atoms with Crippen molar-refractivity contribution in [2.45, 2.75) is 83.3 Å². The van der Waals surface area contributed by atoms with Gasteiger partial charge in [-0.1, -0.05) is 60.9 Å². The number of unbranched alkanes of at least 4 members (excludes halogenated alkanes) is 3. The first-order chi connectivity index (χ1) is 14.7. The van der Waals surface area contributed by atoms with Crippen molar-refractivity contribution < 1.29 is 24.5 Å². The van der Waals surface area contributed by atoms with Crippen LogP contribution >= 0.6 is 0 Å². The van der Waals surface area contributed by atoms with Gasteiger partial charge in [0.15, 0.2) is 0 Å². The number of carbonyl (C=O) groups excluding carboxylic acids is 2. The average Bonchev–Trinajstić information content (AvgIpc) is 3.00. The molecule has 4 atom stereocenters. The molecule has 0 saturated heterocycles. The third-order valence-corrected chi connectivity index (χ3v) is 6.07. The van der Waals surface area contributed by atoms with Crippen LogP contribution < -0.4 is 0 Å². The number of carbonyl (C=O) groups is 2. The molecule has 0 radical (unpaired) electrons. The smallest absolute Gasteiger partial charge is 0.305 e. The van der Waals surface area contributed by atoms with Crippen molar-refractivity contribution in [3.63, 3.8) is 0 Å². The number of aliphatic hydroxyl groups is 2. The van der Waals surface area contributed by atoms with Gasteiger partial charge < -0.3 is 14.9 Å². The van der Waals surface area contributed by atoms with Crippen molar-refractivity contribution in [3.8, 4) is 11.8 Å². The molecule has 0 spiro atoms. The van der Waals surface area contributed by atoms with Crippen molar-refractivity contribution in [1.29, 1.82) is 0 Å². The maximum absolute atomic E-state index is 12.4. The Morgan fingerprint density at radius 1 is 1.19 bits per heavy atom. The lowest BCUT2D eigenvalue weighted by molar-refractivity contribution is -0.140. The van der Waals surface area contributed by atoms with E-state index in [4.69, 9.17) is 0 Å². The van der Waals surface area contributed by atoms with Crippen molar-refractivity contribution >= 4 is 11.8 Å². The molecule has 170 valence electrons. The van der Waals surface area contributed by atoms with Crippen LogP contribution in [0.5, 0.6) is 0 Å². The molecule has 1 fully saturated rings. The number of ketones is 1. The second-order valence-corrected chi connectivity index (χ2v) is 8.93. The number of hydrogen-bond donors (Lipinski definition) is 2. The largest absolute Gasteiger partial charge is 0.469 e. The number of Topliss-reactive ketones (excluding diaryl/α,β-unsaturated/α-hetero) is 1. The molecule has 31 heavy (non-hydrogen) atoms. The summed E-state index contributed by atoms with van der Waals surface area (Å²) in [7, 11) is 1.39. The standard InChI is InChI=1S/C26H36O5/c1-19-10-12-20(13-11-19)14-16-26(2,30)17-15-22-21(23(27)18-24(22)28)8-6-4-5-7-9-25(29)31-3/h10-13,21-22,24,28,30H,4-9,14,16,18H2,1-3H3/t21-,22-,24+,26-/m1/s1. The highest BCUT2D eigenvalue weighted by atomic mass is 16.5. The van der Waals surface area contributed by atoms with E-state index < -0.39 is 17.6 Å². The fourth-order valence-corrected chi connectivity index (χ4v) is 4.02. The van der Waals surface area contributed by atoms with Gasteiger partial charge in [0.25, 0.3) is 0 Å². The molecule has 1 aliphatic rings. The number of rotatable bonds is 10. The van der Waals surface area contributed by atoms with E-state index in [1.54, 1.807) is 6.92 Å². The summed E-state index contributed by atoms with van der Waals surface area (Å²) < 4.78 is 4.63. The molecule has 5 nitrogen and oxygen atoms in total. The maximum Gasteiger partial charge on any atom is 0.305 e. The van der Waals surface area contributed by atoms with Gasteiger partial charge in [-0.15, -0.1) is 0 Å². The SMILES string of the molecule is COC(=O)CCCCCC[C@H]1C(=O)C[C@H](O)[C@@H]1C#C[C@](C)(O)CCc1ccc(C)cc1. The molecule has 0 aliphatic heterocycles. The average molecular weight is 429 g/mol. The Balaban J connectivity index is 1.86. The van der Waals surface area contributed by atoms with Gasteiger partial charge in [0, 0.05) is 18.8 Å². The summed E-state index contributed by atoms with van der Waals surface area (Å²) in [6, 6.07) is 8.21. The summed E-state index contributed by atoms with van der Waals surface area (Å²) in [5.74, 6) is 5.13. The van der Waals surface area contributed by atoms with E-state index in [2.05, 4.69) is 40.8 Å². The first-order valence-corrected chi connectivity index (χ1v) is 11.3. The van der Waals surface area contributed by atoms with Crippen molar-refractivity contribution in [2.24, 2.45) is 11.8 Å². The van der Waals surface area contributed by atoms with Gasteiger partial charge >= 0.3 is 5.97 Å². The van der Waals surface area contributed by atoms with Gasteiger partial charge in [-0.3, -0.25) is 9.59 Å². The molecule has 1 aromatic carbocycles.